The molecule has 0 unspecified atom stereocenters. The summed E-state index contributed by atoms with van der Waals surface area (Å²) in [5.74, 6) is 0.104. The Morgan fingerprint density at radius 2 is 1.85 bits per heavy atom. The third-order valence-corrected chi connectivity index (χ3v) is 4.12. The van der Waals surface area contributed by atoms with Crippen molar-refractivity contribution in [2.75, 3.05) is 12.4 Å². The molecular formula is C20H27N3O4. The van der Waals surface area contributed by atoms with Crippen LogP contribution in [-0.4, -0.2) is 34.5 Å². The number of hydrogen-bond acceptors (Lipinski definition) is 5. The maximum atomic E-state index is 12.8. The molecule has 0 aliphatic carbocycles. The van der Waals surface area contributed by atoms with E-state index in [1.54, 1.807) is 4.90 Å². The van der Waals surface area contributed by atoms with Gasteiger partial charge in [0.25, 0.3) is 0 Å². The van der Waals surface area contributed by atoms with Crippen molar-refractivity contribution in [2.45, 2.75) is 52.6 Å². The zero-order valence-electron chi connectivity index (χ0n) is 16.7. The number of anilines is 1. The van der Waals surface area contributed by atoms with Gasteiger partial charge in [0.05, 0.1) is 13.7 Å². The third-order valence-electron chi connectivity index (χ3n) is 4.12. The second-order valence-electron chi connectivity index (χ2n) is 7.58. The molecule has 0 aliphatic heterocycles. The second kappa shape index (κ2) is 8.24. The molecule has 0 bridgehead atoms. The monoisotopic (exact) mass is 373 g/mol. The Balaban J connectivity index is 2.14. The lowest BCUT2D eigenvalue weighted by Crippen LogP contribution is -2.47. The van der Waals surface area contributed by atoms with Crippen LogP contribution in [0.5, 0.6) is 0 Å². The van der Waals surface area contributed by atoms with E-state index in [-0.39, 0.29) is 24.2 Å². The molecule has 1 N–H and O–H groups in total. The Morgan fingerprint density at radius 3 is 2.37 bits per heavy atom. The second-order valence-corrected chi connectivity index (χ2v) is 7.58. The molecule has 1 aromatic heterocycles. The van der Waals surface area contributed by atoms with Gasteiger partial charge in [-0.15, -0.1) is 0 Å². The van der Waals surface area contributed by atoms with Gasteiger partial charge in [0, 0.05) is 11.2 Å². The van der Waals surface area contributed by atoms with Crippen LogP contribution in [0.15, 0.2) is 34.9 Å². The van der Waals surface area contributed by atoms with E-state index in [1.165, 1.54) is 18.9 Å². The number of aromatic nitrogens is 1. The lowest BCUT2D eigenvalue weighted by atomic mass is 10.0. The standard InChI is InChI=1S/C20H27N3O4/c1-13(2)14-7-9-15(10-8-14)21-19(25)23(20(3,4)5)11-17-22-16(12-27-17)18(24)26-6/h7-10,12-13H,11H2,1-6H3,(H,21,25). The molecule has 146 valence electrons. The number of rotatable bonds is 5. The average Bonchev–Trinajstić information content (AvgIpc) is 3.07. The van der Waals surface area contributed by atoms with E-state index >= 15 is 0 Å². The number of benzene rings is 1. The molecule has 0 fully saturated rings. The summed E-state index contributed by atoms with van der Waals surface area (Å²) in [4.78, 5) is 30.0. The van der Waals surface area contributed by atoms with Gasteiger partial charge in [-0.2, -0.15) is 0 Å². The van der Waals surface area contributed by atoms with Crippen LogP contribution >= 0.6 is 0 Å². The molecular weight excluding hydrogens is 346 g/mol. The number of carbonyl (C=O) groups excluding carboxylic acids is 2. The summed E-state index contributed by atoms with van der Waals surface area (Å²) < 4.78 is 9.94. The van der Waals surface area contributed by atoms with Gasteiger partial charge in [-0.05, 0) is 44.4 Å². The SMILES string of the molecule is COC(=O)c1coc(CN(C(=O)Nc2ccc(C(C)C)cc2)C(C)(C)C)n1. The van der Waals surface area contributed by atoms with Gasteiger partial charge >= 0.3 is 12.0 Å². The molecule has 7 heteroatoms. The molecule has 2 rings (SSSR count). The van der Waals surface area contributed by atoms with Crippen molar-refractivity contribution < 1.29 is 18.7 Å². The first-order valence-electron chi connectivity index (χ1n) is 8.83. The topological polar surface area (TPSA) is 84.7 Å². The van der Waals surface area contributed by atoms with Crippen molar-refractivity contribution in [3.05, 3.63) is 47.7 Å². The van der Waals surface area contributed by atoms with Crippen molar-refractivity contribution in [1.82, 2.24) is 9.88 Å². The van der Waals surface area contributed by atoms with Crippen molar-refractivity contribution in [1.29, 1.82) is 0 Å². The van der Waals surface area contributed by atoms with Crippen LogP contribution in [0, 0.1) is 0 Å². The zero-order chi connectivity index (χ0) is 20.2. The smallest absolute Gasteiger partial charge is 0.360 e. The summed E-state index contributed by atoms with van der Waals surface area (Å²) in [6.45, 7) is 10.1. The highest BCUT2D eigenvalue weighted by Crippen LogP contribution is 2.21. The number of hydrogen-bond donors (Lipinski definition) is 1. The Bertz CT molecular complexity index is 788. The molecule has 0 saturated heterocycles. The predicted octanol–water partition coefficient (Wildman–Crippen LogP) is 4.42. The van der Waals surface area contributed by atoms with E-state index in [9.17, 15) is 9.59 Å². The first-order valence-corrected chi connectivity index (χ1v) is 8.83. The summed E-state index contributed by atoms with van der Waals surface area (Å²) in [7, 11) is 1.27. The highest BCUT2D eigenvalue weighted by molar-refractivity contribution is 5.90. The molecule has 27 heavy (non-hydrogen) atoms. The lowest BCUT2D eigenvalue weighted by molar-refractivity contribution is 0.0594. The number of esters is 1. The van der Waals surface area contributed by atoms with E-state index in [0.29, 0.717) is 11.6 Å². The van der Waals surface area contributed by atoms with Gasteiger partial charge in [0.1, 0.15) is 6.26 Å². The number of carbonyl (C=O) groups is 2. The van der Waals surface area contributed by atoms with Gasteiger partial charge in [-0.25, -0.2) is 14.6 Å². The van der Waals surface area contributed by atoms with E-state index in [4.69, 9.17) is 4.42 Å². The first-order chi connectivity index (χ1) is 12.6. The van der Waals surface area contributed by atoms with Crippen molar-refractivity contribution in [2.24, 2.45) is 0 Å². The number of methoxy groups -OCH3 is 1. The molecule has 1 aromatic carbocycles. The molecule has 0 saturated carbocycles. The number of ether oxygens (including phenoxy) is 1. The highest BCUT2D eigenvalue weighted by atomic mass is 16.5. The van der Waals surface area contributed by atoms with Gasteiger partial charge in [-0.3, -0.25) is 0 Å². The Morgan fingerprint density at radius 1 is 1.22 bits per heavy atom. The van der Waals surface area contributed by atoms with E-state index in [0.717, 1.165) is 0 Å². The van der Waals surface area contributed by atoms with Gasteiger partial charge < -0.3 is 19.4 Å². The molecule has 2 amide bonds. The van der Waals surface area contributed by atoms with Crippen LogP contribution in [0.25, 0.3) is 0 Å². The summed E-state index contributed by atoms with van der Waals surface area (Å²) in [5.41, 5.74) is 1.50. The Kier molecular flexibility index (Phi) is 6.25. The highest BCUT2D eigenvalue weighted by Gasteiger charge is 2.28. The van der Waals surface area contributed by atoms with E-state index in [2.05, 4.69) is 28.9 Å². The number of oxazole rings is 1. The van der Waals surface area contributed by atoms with Crippen LogP contribution in [-0.2, 0) is 11.3 Å². The summed E-state index contributed by atoms with van der Waals surface area (Å²) >= 11 is 0. The van der Waals surface area contributed by atoms with E-state index < -0.39 is 11.5 Å². The maximum absolute atomic E-state index is 12.8. The quantitative estimate of drug-likeness (QED) is 0.784. The maximum Gasteiger partial charge on any atom is 0.360 e. The molecule has 2 aromatic rings. The van der Waals surface area contributed by atoms with Crippen LogP contribution in [0.3, 0.4) is 0 Å². The summed E-state index contributed by atoms with van der Waals surface area (Å²) in [6, 6.07) is 7.48. The summed E-state index contributed by atoms with van der Waals surface area (Å²) in [6.07, 6.45) is 1.23. The Hall–Kier alpha value is -2.83. The Labute approximate surface area is 159 Å². The molecule has 1 heterocycles. The zero-order valence-corrected chi connectivity index (χ0v) is 16.7. The van der Waals surface area contributed by atoms with Crippen molar-refractivity contribution >= 4 is 17.7 Å². The predicted molar refractivity (Wildman–Crippen MR) is 103 cm³/mol. The fourth-order valence-electron chi connectivity index (χ4n) is 2.47. The van der Waals surface area contributed by atoms with Crippen LogP contribution in [0.4, 0.5) is 10.5 Å². The van der Waals surface area contributed by atoms with Crippen molar-refractivity contribution in [3.63, 3.8) is 0 Å². The number of urea groups is 1. The lowest BCUT2D eigenvalue weighted by Gasteiger charge is -2.34. The molecule has 7 nitrogen and oxygen atoms in total. The van der Waals surface area contributed by atoms with Crippen molar-refractivity contribution in [3.8, 4) is 0 Å². The first kappa shape index (κ1) is 20.5. The fourth-order valence-corrected chi connectivity index (χ4v) is 2.47. The fraction of sp³-hybridized carbons (Fsp3) is 0.450. The number of nitrogens with zero attached hydrogens (tertiary/aromatic N) is 2. The van der Waals surface area contributed by atoms with Gasteiger partial charge in [-0.1, -0.05) is 26.0 Å². The van der Waals surface area contributed by atoms with Gasteiger partial charge in [0.15, 0.2) is 5.69 Å². The minimum absolute atomic E-state index is 0.0750. The minimum Gasteiger partial charge on any atom is -0.464 e. The number of nitrogens with one attached hydrogen (secondary N) is 1. The molecule has 0 aliphatic rings. The van der Waals surface area contributed by atoms with Crippen LogP contribution < -0.4 is 5.32 Å². The normalized spacial score (nSPS) is 11.4. The van der Waals surface area contributed by atoms with E-state index in [1.807, 2.05) is 45.0 Å². The summed E-state index contributed by atoms with van der Waals surface area (Å²) in [5, 5.41) is 2.90. The molecule has 0 spiro atoms. The third kappa shape index (κ3) is 5.32. The molecule has 0 atom stereocenters. The largest absolute Gasteiger partial charge is 0.464 e. The van der Waals surface area contributed by atoms with Gasteiger partial charge in [0.2, 0.25) is 5.89 Å². The van der Waals surface area contributed by atoms with Crippen LogP contribution in [0.2, 0.25) is 0 Å². The van der Waals surface area contributed by atoms with Crippen LogP contribution in [0.1, 0.15) is 62.5 Å². The minimum atomic E-state index is -0.581. The number of amides is 2. The average molecular weight is 373 g/mol. The molecule has 0 radical (unpaired) electrons.